The number of amides is 1. The van der Waals surface area contributed by atoms with E-state index in [4.69, 9.17) is 9.47 Å². The zero-order valence-electron chi connectivity index (χ0n) is 19.2. The van der Waals surface area contributed by atoms with Gasteiger partial charge in [-0.3, -0.25) is 4.79 Å². The van der Waals surface area contributed by atoms with Gasteiger partial charge in [0.15, 0.2) is 6.04 Å². The molecule has 0 saturated carbocycles. The monoisotopic (exact) mass is 445 g/mol. The molecule has 3 rings (SSSR count). The van der Waals surface area contributed by atoms with Gasteiger partial charge < -0.3 is 14.4 Å². The molecular formula is C28H31NO4. The Kier molecular flexibility index (Phi) is 9.07. The second-order valence-electron chi connectivity index (χ2n) is 8.36. The third kappa shape index (κ3) is 7.49. The maximum absolute atomic E-state index is 13.1. The van der Waals surface area contributed by atoms with E-state index in [0.717, 1.165) is 24.0 Å². The molecule has 5 heteroatoms. The van der Waals surface area contributed by atoms with Crippen molar-refractivity contribution in [3.05, 3.63) is 102 Å². The van der Waals surface area contributed by atoms with E-state index in [9.17, 15) is 9.59 Å². The molecule has 0 spiro atoms. The molecule has 1 amide bonds. The number of benzene rings is 3. The predicted octanol–water partition coefficient (Wildman–Crippen LogP) is 5.55. The summed E-state index contributed by atoms with van der Waals surface area (Å²) < 4.78 is 11.5. The van der Waals surface area contributed by atoms with Crippen LogP contribution >= 0.6 is 0 Å². The van der Waals surface area contributed by atoms with Crippen LogP contribution in [0.15, 0.2) is 84.9 Å². The van der Waals surface area contributed by atoms with E-state index >= 15 is 0 Å². The molecule has 0 saturated heterocycles. The van der Waals surface area contributed by atoms with Crippen LogP contribution in [0.2, 0.25) is 0 Å². The average Bonchev–Trinajstić information content (AvgIpc) is 2.85. The minimum Gasteiger partial charge on any atom is -0.489 e. The Morgan fingerprint density at radius 3 is 1.97 bits per heavy atom. The highest BCUT2D eigenvalue weighted by Gasteiger charge is 2.28. The molecule has 0 heterocycles. The SMILES string of the molecule is CC(C)CCN(C=O)[C@@H](C(=O)OCc1ccccc1)c1ccc(OCc2ccccc2)cc1. The molecule has 0 aliphatic heterocycles. The molecule has 0 bridgehead atoms. The Hall–Kier alpha value is -3.60. The number of hydrogen-bond donors (Lipinski definition) is 0. The zero-order valence-corrected chi connectivity index (χ0v) is 19.2. The first kappa shape index (κ1) is 24.1. The lowest BCUT2D eigenvalue weighted by atomic mass is 10.0. The minimum atomic E-state index is -0.812. The van der Waals surface area contributed by atoms with Crippen LogP contribution in [0.1, 0.15) is 43.0 Å². The van der Waals surface area contributed by atoms with Crippen LogP contribution in [-0.4, -0.2) is 23.8 Å². The molecule has 0 N–H and O–H groups in total. The van der Waals surface area contributed by atoms with Crippen molar-refractivity contribution in [2.24, 2.45) is 5.92 Å². The van der Waals surface area contributed by atoms with Crippen molar-refractivity contribution >= 4 is 12.4 Å². The van der Waals surface area contributed by atoms with E-state index in [1.165, 1.54) is 4.90 Å². The number of carbonyl (C=O) groups excluding carboxylic acids is 2. The smallest absolute Gasteiger partial charge is 0.333 e. The highest BCUT2D eigenvalue weighted by Crippen LogP contribution is 2.25. The van der Waals surface area contributed by atoms with E-state index < -0.39 is 12.0 Å². The summed E-state index contributed by atoms with van der Waals surface area (Å²) >= 11 is 0. The number of nitrogens with zero attached hydrogens (tertiary/aromatic N) is 1. The van der Waals surface area contributed by atoms with Gasteiger partial charge in [-0.15, -0.1) is 0 Å². The molecule has 0 radical (unpaired) electrons. The summed E-state index contributed by atoms with van der Waals surface area (Å²) in [5.41, 5.74) is 2.66. The van der Waals surface area contributed by atoms with Crippen molar-refractivity contribution in [1.82, 2.24) is 4.90 Å². The molecular weight excluding hydrogens is 414 g/mol. The van der Waals surface area contributed by atoms with E-state index in [-0.39, 0.29) is 6.61 Å². The third-order valence-corrected chi connectivity index (χ3v) is 5.32. The van der Waals surface area contributed by atoms with Gasteiger partial charge in [0.2, 0.25) is 6.41 Å². The standard InChI is InChI=1S/C28H31NO4/c1-22(2)17-18-29(21-30)27(28(31)33-20-24-11-7-4-8-12-24)25-13-15-26(16-14-25)32-19-23-9-5-3-6-10-23/h3-16,21-22,27H,17-20H2,1-2H3/t27-/m1/s1. The highest BCUT2D eigenvalue weighted by atomic mass is 16.5. The van der Waals surface area contributed by atoms with E-state index in [1.54, 1.807) is 0 Å². The fourth-order valence-electron chi connectivity index (χ4n) is 3.41. The van der Waals surface area contributed by atoms with Crippen LogP contribution < -0.4 is 4.74 Å². The number of hydrogen-bond acceptors (Lipinski definition) is 4. The summed E-state index contributed by atoms with van der Waals surface area (Å²) in [6, 6.07) is 25.9. The number of rotatable bonds is 12. The van der Waals surface area contributed by atoms with E-state index in [1.807, 2.05) is 84.9 Å². The fraction of sp³-hybridized carbons (Fsp3) is 0.286. The van der Waals surface area contributed by atoms with Crippen LogP contribution in [0.4, 0.5) is 0 Å². The molecule has 0 fully saturated rings. The van der Waals surface area contributed by atoms with Gasteiger partial charge in [-0.05, 0) is 41.2 Å². The largest absolute Gasteiger partial charge is 0.489 e. The average molecular weight is 446 g/mol. The molecule has 3 aromatic rings. The quantitative estimate of drug-likeness (QED) is 0.271. The molecule has 0 aromatic heterocycles. The van der Waals surface area contributed by atoms with Crippen LogP contribution in [0.25, 0.3) is 0 Å². The molecule has 3 aromatic carbocycles. The van der Waals surface area contributed by atoms with Crippen molar-refractivity contribution in [2.45, 2.75) is 39.5 Å². The van der Waals surface area contributed by atoms with Gasteiger partial charge in [-0.2, -0.15) is 0 Å². The molecule has 5 nitrogen and oxygen atoms in total. The highest BCUT2D eigenvalue weighted by molar-refractivity contribution is 5.80. The minimum absolute atomic E-state index is 0.158. The first-order valence-corrected chi connectivity index (χ1v) is 11.2. The van der Waals surface area contributed by atoms with Crippen molar-refractivity contribution < 1.29 is 19.1 Å². The maximum atomic E-state index is 13.1. The van der Waals surface area contributed by atoms with Gasteiger partial charge in [-0.25, -0.2) is 4.79 Å². The van der Waals surface area contributed by atoms with E-state index in [2.05, 4.69) is 13.8 Å². The van der Waals surface area contributed by atoms with Crippen molar-refractivity contribution in [3.8, 4) is 5.75 Å². The molecule has 1 atom stereocenters. The summed E-state index contributed by atoms with van der Waals surface area (Å²) in [6.07, 6.45) is 1.52. The third-order valence-electron chi connectivity index (χ3n) is 5.32. The van der Waals surface area contributed by atoms with Crippen molar-refractivity contribution in [2.75, 3.05) is 6.54 Å². The summed E-state index contributed by atoms with van der Waals surface area (Å²) in [6.45, 7) is 5.26. The lowest BCUT2D eigenvalue weighted by Gasteiger charge is -2.28. The summed E-state index contributed by atoms with van der Waals surface area (Å²) in [7, 11) is 0. The lowest BCUT2D eigenvalue weighted by Crippen LogP contribution is -2.35. The number of esters is 1. The summed E-state index contributed by atoms with van der Waals surface area (Å²) in [4.78, 5) is 26.6. The maximum Gasteiger partial charge on any atom is 0.333 e. The summed E-state index contributed by atoms with van der Waals surface area (Å²) in [5.74, 6) is 0.647. The Balaban J connectivity index is 1.73. The number of ether oxygens (including phenoxy) is 2. The van der Waals surface area contributed by atoms with Gasteiger partial charge in [0.05, 0.1) is 0 Å². The van der Waals surface area contributed by atoms with Gasteiger partial charge >= 0.3 is 5.97 Å². The van der Waals surface area contributed by atoms with Gasteiger partial charge in [0.25, 0.3) is 0 Å². The molecule has 0 aliphatic rings. The van der Waals surface area contributed by atoms with Crippen LogP contribution in [0.5, 0.6) is 5.75 Å². The Morgan fingerprint density at radius 2 is 1.42 bits per heavy atom. The predicted molar refractivity (Wildman–Crippen MR) is 128 cm³/mol. The Bertz CT molecular complexity index is 987. The second kappa shape index (κ2) is 12.4. The topological polar surface area (TPSA) is 55.8 Å². The molecule has 172 valence electrons. The van der Waals surface area contributed by atoms with Gasteiger partial charge in [0.1, 0.15) is 19.0 Å². The first-order chi connectivity index (χ1) is 16.1. The zero-order chi connectivity index (χ0) is 23.5. The normalized spacial score (nSPS) is 11.6. The molecule has 0 aliphatic carbocycles. The lowest BCUT2D eigenvalue weighted by molar-refractivity contribution is -0.154. The Labute approximate surface area is 196 Å². The van der Waals surface area contributed by atoms with Crippen LogP contribution in [0.3, 0.4) is 0 Å². The van der Waals surface area contributed by atoms with Gasteiger partial charge in [-0.1, -0.05) is 86.6 Å². The van der Waals surface area contributed by atoms with Gasteiger partial charge in [0, 0.05) is 6.54 Å². The summed E-state index contributed by atoms with van der Waals surface area (Å²) in [5, 5.41) is 0. The molecule has 0 unspecified atom stereocenters. The van der Waals surface area contributed by atoms with Crippen molar-refractivity contribution in [3.63, 3.8) is 0 Å². The van der Waals surface area contributed by atoms with Crippen LogP contribution in [-0.2, 0) is 27.5 Å². The van der Waals surface area contributed by atoms with Crippen molar-refractivity contribution in [1.29, 1.82) is 0 Å². The van der Waals surface area contributed by atoms with Crippen LogP contribution in [0, 0.1) is 5.92 Å². The Morgan fingerprint density at radius 1 is 0.848 bits per heavy atom. The fourth-order valence-corrected chi connectivity index (χ4v) is 3.41. The molecule has 33 heavy (non-hydrogen) atoms. The number of carbonyl (C=O) groups is 2. The van der Waals surface area contributed by atoms with E-state index in [0.29, 0.717) is 30.4 Å². The second-order valence-corrected chi connectivity index (χ2v) is 8.36. The first-order valence-electron chi connectivity index (χ1n) is 11.2.